The van der Waals surface area contributed by atoms with Gasteiger partial charge in [-0.25, -0.2) is 0 Å². The number of hydrogen-bond donors (Lipinski definition) is 8. The highest BCUT2D eigenvalue weighted by Crippen LogP contribution is 2.48. The van der Waals surface area contributed by atoms with Crippen molar-refractivity contribution in [3.05, 3.63) is 193 Å². The fraction of sp³-hybridized carbons (Fsp3) is 0. The van der Waals surface area contributed by atoms with Gasteiger partial charge in [-0.1, -0.05) is 63.7 Å². The number of nitrogens with one attached hydrogen (secondary N) is 4. The van der Waals surface area contributed by atoms with Gasteiger partial charge in [-0.15, -0.1) is 0 Å². The lowest BCUT2D eigenvalue weighted by atomic mass is 10.0. The normalized spacial score (nSPS) is 12.8. The molecule has 64 heavy (non-hydrogen) atoms. The van der Waals surface area contributed by atoms with E-state index in [-0.39, 0.29) is 23.0 Å². The van der Waals surface area contributed by atoms with Crippen LogP contribution in [0.25, 0.3) is 22.3 Å². The number of hydrogen-bond acceptors (Lipinski definition) is 4. The number of aromatic hydroxyl groups is 4. The smallest absolute Gasteiger partial charge is 0.144 e. The molecule has 1 aliphatic rings. The number of rotatable bonds is 4. The van der Waals surface area contributed by atoms with Crippen molar-refractivity contribution in [2.45, 2.75) is 0 Å². The van der Waals surface area contributed by atoms with E-state index >= 15 is 0 Å². The third-order valence-electron chi connectivity index (χ3n) is 10.5. The molecule has 8 nitrogen and oxygen atoms in total. The van der Waals surface area contributed by atoms with Crippen LogP contribution in [-0.4, -0.2) is 40.4 Å². The first-order chi connectivity index (χ1) is 30.4. The highest BCUT2D eigenvalue weighted by Gasteiger charge is 2.28. The van der Waals surface area contributed by atoms with Gasteiger partial charge in [0.15, 0.2) is 0 Å². The molecule has 0 atom stereocenters. The Morgan fingerprint density at radius 1 is 0.266 bits per heavy atom. The lowest BCUT2D eigenvalue weighted by molar-refractivity contribution is 0.467. The van der Waals surface area contributed by atoms with Crippen molar-refractivity contribution in [1.82, 2.24) is 19.9 Å². The van der Waals surface area contributed by atoms with Gasteiger partial charge in [0.2, 0.25) is 0 Å². The number of halogens is 12. The molecule has 0 saturated heterocycles. The van der Waals surface area contributed by atoms with Crippen LogP contribution in [-0.2, 0) is 0 Å². The predicted octanol–water partition coefficient (Wildman–Crippen LogP) is 14.3. The summed E-state index contributed by atoms with van der Waals surface area (Å²) in [6.07, 6.45) is 0. The summed E-state index contributed by atoms with van der Waals surface area (Å²) in [7, 11) is 0. The Labute approximate surface area is 463 Å². The molecule has 20 heteroatoms. The number of benzene rings is 4. The SMILES string of the molecule is Oc1c(Br)cc(Br)c(C2=c3ccc([nH]3)=C(c3c(Br)cc(Br)c(O)c3Br)c3ccc([nH]3)C(c3c(Br)cc(Br)c(O)c3Br)=c3ccc([nH]3)=C(c3c(Br)cc(Br)c(O)c3Br)c3ccc2[nH]3)c1Br. The number of phenolic OH excluding ortho intramolecular Hbond substituents is 4. The average molecular weight is 1630 g/mol. The molecule has 0 fully saturated rings. The van der Waals surface area contributed by atoms with Gasteiger partial charge in [0.1, 0.15) is 23.0 Å². The van der Waals surface area contributed by atoms with Crippen molar-refractivity contribution in [1.29, 1.82) is 0 Å². The zero-order valence-electron chi connectivity index (χ0n) is 31.3. The van der Waals surface area contributed by atoms with Crippen LogP contribution >= 0.6 is 191 Å². The third kappa shape index (κ3) is 8.09. The van der Waals surface area contributed by atoms with E-state index in [1.165, 1.54) is 0 Å². The zero-order chi connectivity index (χ0) is 45.8. The van der Waals surface area contributed by atoms with Crippen LogP contribution in [0.3, 0.4) is 0 Å². The molecule has 0 radical (unpaired) electrons. The van der Waals surface area contributed by atoms with Crippen LogP contribution in [0.15, 0.2) is 126 Å². The molecule has 0 aliphatic carbocycles. The Bertz CT molecular complexity index is 3150. The number of phenols is 4. The first kappa shape index (κ1) is 47.5. The molecule has 0 saturated carbocycles. The van der Waals surface area contributed by atoms with Crippen molar-refractivity contribution in [2.75, 3.05) is 0 Å². The molecule has 1 aliphatic heterocycles. The number of fused-ring (bicyclic) bond motifs is 8. The van der Waals surface area contributed by atoms with E-state index in [1.54, 1.807) is 24.3 Å². The molecular formula is C44H20Br12N4O4. The Morgan fingerprint density at radius 3 is 0.672 bits per heavy atom. The second-order valence-electron chi connectivity index (χ2n) is 14.2. The van der Waals surface area contributed by atoms with E-state index in [4.69, 9.17) is 0 Å². The minimum atomic E-state index is 0.00884. The Kier molecular flexibility index (Phi) is 13.7. The van der Waals surface area contributed by atoms with Crippen LogP contribution in [0.5, 0.6) is 23.0 Å². The third-order valence-corrected chi connectivity index (χ3v) is 18.5. The van der Waals surface area contributed by atoms with E-state index in [9.17, 15) is 20.4 Å². The molecule has 324 valence electrons. The maximum Gasteiger partial charge on any atom is 0.144 e. The van der Waals surface area contributed by atoms with Crippen LogP contribution in [0.4, 0.5) is 0 Å². The Morgan fingerprint density at radius 2 is 0.469 bits per heavy atom. The maximum absolute atomic E-state index is 11.3. The molecule has 4 aromatic heterocycles. The summed E-state index contributed by atoms with van der Waals surface area (Å²) in [6.45, 7) is 0. The van der Waals surface area contributed by atoms with E-state index in [0.717, 1.165) is 0 Å². The van der Waals surface area contributed by atoms with Crippen LogP contribution < -0.4 is 21.4 Å². The maximum atomic E-state index is 11.3. The summed E-state index contributed by atoms with van der Waals surface area (Å²) in [6, 6.07) is 22.9. The first-order valence-corrected chi connectivity index (χ1v) is 27.6. The molecular weight excluding hydrogens is 1610 g/mol. The minimum absolute atomic E-state index is 0.00884. The highest BCUT2D eigenvalue weighted by atomic mass is 79.9. The molecule has 5 heterocycles. The zero-order valence-corrected chi connectivity index (χ0v) is 50.3. The van der Waals surface area contributed by atoms with Gasteiger partial charge >= 0.3 is 0 Å². The summed E-state index contributed by atoms with van der Waals surface area (Å²) in [5, 5.41) is 48.1. The molecule has 8 bridgehead atoms. The van der Waals surface area contributed by atoms with Gasteiger partial charge in [-0.05, 0) is 200 Å². The van der Waals surface area contributed by atoms with Crippen molar-refractivity contribution in [3.8, 4) is 23.0 Å². The standard InChI is InChI=1S/C44H20Br12N4O4/c45-13-9-17(49)41(61)37(53)29(13)33-21-1-2-22(57-21)34(30-14(46)10-18(50)42(62)38(30)54)24-5-6-26(59-24)36(32-16(48)12-20(52)44(64)40(32)56)28-8-7-27(60-28)35(25-4-3-23(33)58-25)31-15(47)11-19(51)43(63)39(31)55/h1-12,57-64H. The monoisotopic (exact) mass is 1620 g/mol. The van der Waals surface area contributed by atoms with Gasteiger partial charge < -0.3 is 40.4 Å². The highest BCUT2D eigenvalue weighted by molar-refractivity contribution is 9.13. The topological polar surface area (TPSA) is 144 Å². The summed E-state index contributed by atoms with van der Waals surface area (Å²) < 4.78 is 6.44. The predicted molar refractivity (Wildman–Crippen MR) is 293 cm³/mol. The molecule has 9 rings (SSSR count). The second kappa shape index (κ2) is 18.4. The molecule has 0 amide bonds. The van der Waals surface area contributed by atoms with Crippen molar-refractivity contribution in [3.63, 3.8) is 0 Å². The fourth-order valence-electron chi connectivity index (χ4n) is 7.64. The quantitative estimate of drug-likeness (QED) is 0.0887. The van der Waals surface area contributed by atoms with Gasteiger partial charge in [-0.2, -0.15) is 0 Å². The van der Waals surface area contributed by atoms with Crippen LogP contribution in [0, 0.1) is 0 Å². The van der Waals surface area contributed by atoms with Crippen LogP contribution in [0.1, 0.15) is 45.0 Å². The number of aromatic nitrogens is 4. The summed E-state index contributed by atoms with van der Waals surface area (Å²) in [5.41, 5.74) is 8.07. The summed E-state index contributed by atoms with van der Waals surface area (Å²) in [4.78, 5) is 14.8. The van der Waals surface area contributed by atoms with Gasteiger partial charge in [-0.3, -0.25) is 0 Å². The minimum Gasteiger partial charge on any atom is -0.506 e. The number of aromatic amines is 4. The van der Waals surface area contributed by atoms with Crippen LogP contribution in [0.2, 0.25) is 0 Å². The van der Waals surface area contributed by atoms with E-state index < -0.39 is 0 Å². The molecule has 0 spiro atoms. The second-order valence-corrected chi connectivity index (χ2v) is 24.2. The van der Waals surface area contributed by atoms with Crippen molar-refractivity contribution >= 4 is 213 Å². The molecule has 0 unspecified atom stereocenters. The lowest BCUT2D eigenvalue weighted by Crippen LogP contribution is -2.20. The van der Waals surface area contributed by atoms with Gasteiger partial charge in [0, 0.05) is 107 Å². The van der Waals surface area contributed by atoms with E-state index in [2.05, 4.69) is 211 Å². The largest absolute Gasteiger partial charge is 0.506 e. The average Bonchev–Trinajstić information content (AvgIpc) is 4.09. The number of H-pyrrole nitrogens is 4. The first-order valence-electron chi connectivity index (χ1n) is 18.1. The van der Waals surface area contributed by atoms with Gasteiger partial charge in [0.05, 0.1) is 35.8 Å². The summed E-state index contributed by atoms with van der Waals surface area (Å²) in [5.74, 6) is 0.0354. The summed E-state index contributed by atoms with van der Waals surface area (Å²) >= 11 is 44.0. The van der Waals surface area contributed by atoms with Crippen molar-refractivity contribution < 1.29 is 20.4 Å². The molecule has 8 N–H and O–H groups in total. The fourth-order valence-corrected chi connectivity index (χ4v) is 17.7. The van der Waals surface area contributed by atoms with Gasteiger partial charge in [0.25, 0.3) is 0 Å². The van der Waals surface area contributed by atoms with E-state index in [0.29, 0.717) is 142 Å². The molecule has 4 aromatic carbocycles. The van der Waals surface area contributed by atoms with Crippen molar-refractivity contribution in [2.24, 2.45) is 0 Å². The molecule has 8 aromatic rings. The lowest BCUT2D eigenvalue weighted by Gasteiger charge is -2.16. The van der Waals surface area contributed by atoms with E-state index in [1.807, 2.05) is 48.5 Å². The Balaban J connectivity index is 1.53. The Hall–Kier alpha value is -1.56.